The number of H-pyrrole nitrogens is 1. The van der Waals surface area contributed by atoms with Crippen LogP contribution in [0.1, 0.15) is 25.6 Å². The second-order valence-corrected chi connectivity index (χ2v) is 13.9. The average molecular weight is 719 g/mol. The molecule has 0 saturated heterocycles. The topological polar surface area (TPSA) is 60.9 Å². The number of fused-ring (bicyclic) bond motifs is 2. The van der Waals surface area contributed by atoms with Crippen LogP contribution in [0.15, 0.2) is 170 Å². The molecule has 0 spiro atoms. The first-order chi connectivity index (χ1) is 26.8. The van der Waals surface area contributed by atoms with Crippen LogP contribution in [0.3, 0.4) is 0 Å². The Morgan fingerprint density at radius 3 is 1.28 bits per heavy atom. The van der Waals surface area contributed by atoms with Gasteiger partial charge in [0.2, 0.25) is 0 Å². The first-order valence-corrected chi connectivity index (χ1v) is 19.2. The first-order valence-electron chi connectivity index (χ1n) is 18.4. The summed E-state index contributed by atoms with van der Waals surface area (Å²) in [5.74, 6) is 0.984. The Kier molecular flexibility index (Phi) is 9.13. The number of anilines is 6. The lowest BCUT2D eigenvalue weighted by atomic mass is 9.95. The van der Waals surface area contributed by atoms with E-state index in [-0.39, 0.29) is 0 Å². The summed E-state index contributed by atoms with van der Waals surface area (Å²) < 4.78 is 9.88. The smallest absolute Gasteiger partial charge is 0.115 e. The van der Waals surface area contributed by atoms with Crippen molar-refractivity contribution < 1.29 is 0 Å². The van der Waals surface area contributed by atoms with Crippen molar-refractivity contribution in [2.75, 3.05) is 9.80 Å². The molecule has 1 N–H and O–H groups in total. The molecule has 7 aromatic carbocycles. The number of aryl methyl sites for hydroxylation is 1. The van der Waals surface area contributed by atoms with Gasteiger partial charge in [-0.1, -0.05) is 110 Å². The highest BCUT2D eigenvalue weighted by molar-refractivity contribution is 7.00. The van der Waals surface area contributed by atoms with Gasteiger partial charge in [0.25, 0.3) is 0 Å². The highest BCUT2D eigenvalue weighted by Crippen LogP contribution is 2.44. The predicted octanol–water partition coefficient (Wildman–Crippen LogP) is 13.2. The molecule has 54 heavy (non-hydrogen) atoms. The van der Waals surface area contributed by atoms with Crippen molar-refractivity contribution in [3.63, 3.8) is 0 Å². The third-order valence-electron chi connectivity index (χ3n) is 9.85. The molecule has 2 heterocycles. The maximum atomic E-state index is 5.28. The van der Waals surface area contributed by atoms with Gasteiger partial charge in [-0.3, -0.25) is 0 Å². The van der Waals surface area contributed by atoms with Gasteiger partial charge >= 0.3 is 0 Å². The van der Waals surface area contributed by atoms with E-state index in [2.05, 4.69) is 192 Å². The van der Waals surface area contributed by atoms with E-state index in [1.165, 1.54) is 11.7 Å². The largest absolute Gasteiger partial charge is 0.341 e. The van der Waals surface area contributed by atoms with Crippen LogP contribution in [0.2, 0.25) is 0 Å². The molecule has 9 aromatic rings. The zero-order chi connectivity index (χ0) is 36.3. The van der Waals surface area contributed by atoms with E-state index in [4.69, 9.17) is 13.7 Å². The standard InChI is InChI=1S/C47H38N6S/c1-2-3-24-41-48-44-42(33-25-29-39(30-26-33)52(35-16-8-4-9-17-35)36-18-10-5-11-19-36)46-47(51-54-50-46)43(45(44)49-41)34-27-31-40(32-28-34)53(37-20-12-6-13-21-37)38-22-14-7-15-23-38/h4-23,25-32H,2-3,24H2,1H3,(H,48,49). The fraction of sp³-hybridized carbons (Fsp3) is 0.0851. The highest BCUT2D eigenvalue weighted by atomic mass is 32.1. The van der Waals surface area contributed by atoms with Crippen LogP contribution in [0, 0.1) is 0 Å². The number of nitrogens with zero attached hydrogens (tertiary/aromatic N) is 5. The van der Waals surface area contributed by atoms with Gasteiger partial charge in [0.1, 0.15) is 16.9 Å². The van der Waals surface area contributed by atoms with Crippen LogP contribution in [-0.2, 0) is 6.42 Å². The highest BCUT2D eigenvalue weighted by Gasteiger charge is 2.24. The molecule has 0 unspecified atom stereocenters. The summed E-state index contributed by atoms with van der Waals surface area (Å²) in [5, 5.41) is 0. The van der Waals surface area contributed by atoms with E-state index in [9.17, 15) is 0 Å². The molecule has 0 bridgehead atoms. The van der Waals surface area contributed by atoms with Crippen LogP contribution in [-0.4, -0.2) is 18.7 Å². The molecule has 0 aliphatic rings. The average Bonchev–Trinajstić information content (AvgIpc) is 3.89. The van der Waals surface area contributed by atoms with Crippen molar-refractivity contribution in [3.8, 4) is 22.3 Å². The van der Waals surface area contributed by atoms with Crippen molar-refractivity contribution >= 4 is 67.9 Å². The maximum absolute atomic E-state index is 5.28. The molecule has 0 amide bonds. The molecule has 0 atom stereocenters. The molecule has 7 heteroatoms. The molecular formula is C47H38N6S. The monoisotopic (exact) mass is 718 g/mol. The summed E-state index contributed by atoms with van der Waals surface area (Å²) >= 11 is 1.25. The normalized spacial score (nSPS) is 11.3. The van der Waals surface area contributed by atoms with Gasteiger partial charge in [-0.05, 0) is 90.3 Å². The Balaban J connectivity index is 1.16. The lowest BCUT2D eigenvalue weighted by Gasteiger charge is -2.25. The predicted molar refractivity (Wildman–Crippen MR) is 226 cm³/mol. The van der Waals surface area contributed by atoms with Crippen LogP contribution in [0.25, 0.3) is 44.3 Å². The van der Waals surface area contributed by atoms with E-state index in [1.54, 1.807) is 0 Å². The van der Waals surface area contributed by atoms with Crippen LogP contribution in [0.5, 0.6) is 0 Å². The Morgan fingerprint density at radius 2 is 0.852 bits per heavy atom. The minimum atomic E-state index is 0.867. The number of para-hydroxylation sites is 4. The lowest BCUT2D eigenvalue weighted by Crippen LogP contribution is -2.09. The van der Waals surface area contributed by atoms with E-state index in [1.807, 2.05) is 0 Å². The van der Waals surface area contributed by atoms with E-state index in [0.29, 0.717) is 0 Å². The summed E-state index contributed by atoms with van der Waals surface area (Å²) in [7, 11) is 0. The van der Waals surface area contributed by atoms with E-state index < -0.39 is 0 Å². The van der Waals surface area contributed by atoms with E-state index >= 15 is 0 Å². The number of hydrogen-bond donors (Lipinski definition) is 1. The van der Waals surface area contributed by atoms with Gasteiger partial charge in [-0.15, -0.1) is 0 Å². The second kappa shape index (κ2) is 14.8. The molecule has 262 valence electrons. The van der Waals surface area contributed by atoms with Crippen molar-refractivity contribution in [1.82, 2.24) is 18.7 Å². The molecule has 0 radical (unpaired) electrons. The van der Waals surface area contributed by atoms with Gasteiger partial charge in [0.05, 0.1) is 22.8 Å². The Hall–Kier alpha value is -6.57. The molecule has 0 fully saturated rings. The Labute approximate surface area is 319 Å². The third kappa shape index (κ3) is 6.29. The van der Waals surface area contributed by atoms with Crippen LogP contribution >= 0.6 is 11.7 Å². The summed E-state index contributed by atoms with van der Waals surface area (Å²) in [6.07, 6.45) is 3.03. The van der Waals surface area contributed by atoms with Gasteiger partial charge in [-0.25, -0.2) is 4.98 Å². The van der Waals surface area contributed by atoms with Gasteiger partial charge in [0, 0.05) is 51.7 Å². The van der Waals surface area contributed by atoms with Crippen molar-refractivity contribution in [2.24, 2.45) is 0 Å². The first kappa shape index (κ1) is 33.3. The molecular weight excluding hydrogens is 681 g/mol. The SMILES string of the molecule is CCCCc1nc2c(-c3ccc(N(c4ccccc4)c4ccccc4)cc3)c3nsnc3c(-c3ccc(N(c4ccccc4)c4ccccc4)cc3)c2[nH]1. The zero-order valence-corrected chi connectivity index (χ0v) is 30.7. The quantitative estimate of drug-likeness (QED) is 0.144. The molecule has 0 aliphatic heterocycles. The van der Waals surface area contributed by atoms with Gasteiger partial charge in [0.15, 0.2) is 0 Å². The number of benzene rings is 7. The second-order valence-electron chi connectivity index (χ2n) is 13.3. The van der Waals surface area contributed by atoms with E-state index in [0.717, 1.165) is 104 Å². The summed E-state index contributed by atoms with van der Waals surface area (Å²) in [6.45, 7) is 2.22. The maximum Gasteiger partial charge on any atom is 0.115 e. The molecule has 6 nitrogen and oxygen atoms in total. The number of aromatic amines is 1. The Morgan fingerprint density at radius 1 is 0.463 bits per heavy atom. The van der Waals surface area contributed by atoms with Crippen LogP contribution < -0.4 is 9.80 Å². The van der Waals surface area contributed by atoms with Gasteiger partial charge < -0.3 is 14.8 Å². The van der Waals surface area contributed by atoms with Crippen molar-refractivity contribution in [1.29, 1.82) is 0 Å². The summed E-state index contributed by atoms with van der Waals surface area (Å²) in [6, 6.07) is 59.5. The van der Waals surface area contributed by atoms with Gasteiger partial charge in [-0.2, -0.15) is 8.75 Å². The number of hydrogen-bond acceptors (Lipinski definition) is 6. The minimum Gasteiger partial charge on any atom is -0.341 e. The number of rotatable bonds is 11. The number of imidazole rings is 1. The molecule has 0 aliphatic carbocycles. The summed E-state index contributed by atoms with van der Waals surface area (Å²) in [4.78, 5) is 13.6. The fourth-order valence-corrected chi connectivity index (χ4v) is 7.87. The number of nitrogens with one attached hydrogen (secondary N) is 1. The Bertz CT molecular complexity index is 2360. The fourth-order valence-electron chi connectivity index (χ4n) is 7.31. The molecule has 2 aromatic heterocycles. The number of unbranched alkanes of at least 4 members (excludes halogenated alkanes) is 1. The lowest BCUT2D eigenvalue weighted by molar-refractivity contribution is 0.765. The number of aromatic nitrogens is 4. The van der Waals surface area contributed by atoms with Crippen molar-refractivity contribution in [3.05, 3.63) is 176 Å². The summed E-state index contributed by atoms with van der Waals surface area (Å²) in [5.41, 5.74) is 14.4. The minimum absolute atomic E-state index is 0.867. The molecule has 0 saturated carbocycles. The van der Waals surface area contributed by atoms with Crippen molar-refractivity contribution in [2.45, 2.75) is 26.2 Å². The molecule has 9 rings (SSSR count). The third-order valence-corrected chi connectivity index (χ3v) is 10.4. The van der Waals surface area contributed by atoms with Crippen LogP contribution in [0.4, 0.5) is 34.1 Å². The zero-order valence-electron chi connectivity index (χ0n) is 29.9.